The molecule has 1 amide bonds. The highest BCUT2D eigenvalue weighted by molar-refractivity contribution is 5.95. The van der Waals surface area contributed by atoms with Gasteiger partial charge in [-0.3, -0.25) is 4.79 Å². The Balaban J connectivity index is 1.63. The third-order valence-corrected chi connectivity index (χ3v) is 4.48. The topological polar surface area (TPSA) is 47.4 Å². The van der Waals surface area contributed by atoms with Gasteiger partial charge in [-0.1, -0.05) is 24.3 Å². The van der Waals surface area contributed by atoms with E-state index in [4.69, 9.17) is 4.74 Å². The van der Waals surface area contributed by atoms with Gasteiger partial charge in [0.15, 0.2) is 0 Å². The van der Waals surface area contributed by atoms with Gasteiger partial charge in [0.05, 0.1) is 29.7 Å². The van der Waals surface area contributed by atoms with Crippen molar-refractivity contribution in [3.8, 4) is 11.4 Å². The van der Waals surface area contributed by atoms with E-state index in [1.54, 1.807) is 22.8 Å². The van der Waals surface area contributed by atoms with Crippen molar-refractivity contribution >= 4 is 5.91 Å². The first kappa shape index (κ1) is 18.7. The number of ether oxygens (including phenoxy) is 1. The van der Waals surface area contributed by atoms with Crippen molar-refractivity contribution in [1.29, 1.82) is 0 Å². The third kappa shape index (κ3) is 4.37. The second-order valence-electron chi connectivity index (χ2n) is 6.79. The molecular weight excluding hydrogens is 338 g/mol. The summed E-state index contributed by atoms with van der Waals surface area (Å²) in [6.07, 6.45) is 1.63. The first-order chi connectivity index (χ1) is 13.0. The number of para-hydroxylation sites is 1. The van der Waals surface area contributed by atoms with Gasteiger partial charge < -0.3 is 9.64 Å². The minimum Gasteiger partial charge on any atom is -0.492 e. The second kappa shape index (κ2) is 8.08. The van der Waals surface area contributed by atoms with Crippen LogP contribution in [0.1, 0.15) is 27.2 Å². The SMILES string of the molecule is Cc1cc(C)cc(OCCN(C)C(=O)c2cnn(-c3ccccc3)c2C)c1. The Bertz CT molecular complexity index is 912. The molecule has 2 aromatic carbocycles. The number of rotatable bonds is 6. The zero-order chi connectivity index (χ0) is 19.4. The molecular formula is C22H25N3O2. The van der Waals surface area contributed by atoms with Crippen LogP contribution in [0.15, 0.2) is 54.7 Å². The van der Waals surface area contributed by atoms with E-state index in [9.17, 15) is 4.79 Å². The van der Waals surface area contributed by atoms with Crippen LogP contribution in [0, 0.1) is 20.8 Å². The van der Waals surface area contributed by atoms with E-state index in [0.717, 1.165) is 17.1 Å². The molecule has 0 aliphatic carbocycles. The molecule has 0 atom stereocenters. The average molecular weight is 363 g/mol. The number of hydrogen-bond donors (Lipinski definition) is 0. The molecule has 0 spiro atoms. The first-order valence-corrected chi connectivity index (χ1v) is 9.02. The van der Waals surface area contributed by atoms with Crippen LogP contribution in [-0.4, -0.2) is 40.8 Å². The number of likely N-dealkylation sites (N-methyl/N-ethyl adjacent to an activating group) is 1. The van der Waals surface area contributed by atoms with Gasteiger partial charge >= 0.3 is 0 Å². The minimum atomic E-state index is -0.0568. The smallest absolute Gasteiger partial charge is 0.257 e. The summed E-state index contributed by atoms with van der Waals surface area (Å²) in [5.74, 6) is 0.778. The summed E-state index contributed by atoms with van der Waals surface area (Å²) >= 11 is 0. The predicted molar refractivity (Wildman–Crippen MR) is 107 cm³/mol. The van der Waals surface area contributed by atoms with Gasteiger partial charge in [0.2, 0.25) is 0 Å². The van der Waals surface area contributed by atoms with Crippen molar-refractivity contribution in [3.05, 3.63) is 77.1 Å². The summed E-state index contributed by atoms with van der Waals surface area (Å²) in [5.41, 5.74) is 4.70. The van der Waals surface area contributed by atoms with Crippen LogP contribution in [0.25, 0.3) is 5.69 Å². The number of carbonyl (C=O) groups is 1. The molecule has 5 nitrogen and oxygen atoms in total. The molecule has 140 valence electrons. The van der Waals surface area contributed by atoms with Gasteiger partial charge in [-0.15, -0.1) is 0 Å². The maximum atomic E-state index is 12.8. The molecule has 0 radical (unpaired) electrons. The summed E-state index contributed by atoms with van der Waals surface area (Å²) < 4.78 is 7.60. The second-order valence-corrected chi connectivity index (χ2v) is 6.79. The highest BCUT2D eigenvalue weighted by Crippen LogP contribution is 2.17. The molecule has 0 aliphatic rings. The fourth-order valence-corrected chi connectivity index (χ4v) is 3.07. The van der Waals surface area contributed by atoms with Gasteiger partial charge in [-0.2, -0.15) is 5.10 Å². The highest BCUT2D eigenvalue weighted by atomic mass is 16.5. The van der Waals surface area contributed by atoms with Crippen molar-refractivity contribution in [2.75, 3.05) is 20.2 Å². The van der Waals surface area contributed by atoms with Crippen molar-refractivity contribution in [3.63, 3.8) is 0 Å². The van der Waals surface area contributed by atoms with Crippen molar-refractivity contribution in [2.24, 2.45) is 0 Å². The summed E-state index contributed by atoms with van der Waals surface area (Å²) in [4.78, 5) is 14.4. The number of amides is 1. The molecule has 0 aliphatic heterocycles. The van der Waals surface area contributed by atoms with Crippen LogP contribution in [-0.2, 0) is 0 Å². The molecule has 0 N–H and O–H groups in total. The number of carbonyl (C=O) groups excluding carboxylic acids is 1. The van der Waals surface area contributed by atoms with E-state index in [1.165, 1.54) is 11.1 Å². The van der Waals surface area contributed by atoms with Gasteiger partial charge in [-0.25, -0.2) is 4.68 Å². The quantitative estimate of drug-likeness (QED) is 0.666. The van der Waals surface area contributed by atoms with Crippen molar-refractivity contribution < 1.29 is 9.53 Å². The first-order valence-electron chi connectivity index (χ1n) is 9.02. The largest absolute Gasteiger partial charge is 0.492 e. The van der Waals surface area contributed by atoms with Crippen molar-refractivity contribution in [2.45, 2.75) is 20.8 Å². The maximum Gasteiger partial charge on any atom is 0.257 e. The summed E-state index contributed by atoms with van der Waals surface area (Å²) in [7, 11) is 1.78. The number of aryl methyl sites for hydroxylation is 2. The molecule has 0 saturated carbocycles. The number of aromatic nitrogens is 2. The summed E-state index contributed by atoms with van der Waals surface area (Å²) in [6, 6.07) is 15.9. The van der Waals surface area contributed by atoms with E-state index in [2.05, 4.69) is 11.2 Å². The highest BCUT2D eigenvalue weighted by Gasteiger charge is 2.18. The lowest BCUT2D eigenvalue weighted by Crippen LogP contribution is -2.31. The van der Waals surface area contributed by atoms with E-state index in [-0.39, 0.29) is 5.91 Å². The Hall–Kier alpha value is -3.08. The Morgan fingerprint density at radius 1 is 1.07 bits per heavy atom. The molecule has 1 heterocycles. The maximum absolute atomic E-state index is 12.8. The number of hydrogen-bond acceptors (Lipinski definition) is 3. The summed E-state index contributed by atoms with van der Waals surface area (Å²) in [5, 5.41) is 4.37. The Labute approximate surface area is 160 Å². The molecule has 0 bridgehead atoms. The molecule has 0 saturated heterocycles. The van der Waals surface area contributed by atoms with Gasteiger partial charge in [0, 0.05) is 7.05 Å². The van der Waals surface area contributed by atoms with Crippen LogP contribution in [0.4, 0.5) is 0 Å². The molecule has 3 aromatic rings. The summed E-state index contributed by atoms with van der Waals surface area (Å²) in [6.45, 7) is 6.94. The zero-order valence-electron chi connectivity index (χ0n) is 16.3. The van der Waals surface area contributed by atoms with E-state index < -0.39 is 0 Å². The normalized spacial score (nSPS) is 10.7. The van der Waals surface area contributed by atoms with Gasteiger partial charge in [0.1, 0.15) is 12.4 Å². The minimum absolute atomic E-state index is 0.0568. The van der Waals surface area contributed by atoms with Crippen LogP contribution in [0.2, 0.25) is 0 Å². The average Bonchev–Trinajstić information content (AvgIpc) is 3.02. The number of benzene rings is 2. The Morgan fingerprint density at radius 2 is 1.74 bits per heavy atom. The fraction of sp³-hybridized carbons (Fsp3) is 0.273. The third-order valence-electron chi connectivity index (χ3n) is 4.48. The van der Waals surface area contributed by atoms with E-state index in [1.807, 2.05) is 63.2 Å². The Morgan fingerprint density at radius 3 is 2.41 bits per heavy atom. The van der Waals surface area contributed by atoms with Crippen LogP contribution in [0.5, 0.6) is 5.75 Å². The number of nitrogens with zero attached hydrogens (tertiary/aromatic N) is 3. The molecule has 0 fully saturated rings. The monoisotopic (exact) mass is 363 g/mol. The molecule has 1 aromatic heterocycles. The van der Waals surface area contributed by atoms with Crippen LogP contribution in [0.3, 0.4) is 0 Å². The standard InChI is InChI=1S/C22H25N3O2/c1-16-12-17(2)14-20(13-16)27-11-10-24(4)22(26)21-15-23-25(18(21)3)19-8-6-5-7-9-19/h5-9,12-15H,10-11H2,1-4H3. The lowest BCUT2D eigenvalue weighted by atomic mass is 10.1. The van der Waals surface area contributed by atoms with E-state index >= 15 is 0 Å². The van der Waals surface area contributed by atoms with E-state index in [0.29, 0.717) is 18.7 Å². The molecule has 0 unspecified atom stereocenters. The molecule has 5 heteroatoms. The van der Waals surface area contributed by atoms with Crippen LogP contribution >= 0.6 is 0 Å². The van der Waals surface area contributed by atoms with Gasteiger partial charge in [0.25, 0.3) is 5.91 Å². The fourth-order valence-electron chi connectivity index (χ4n) is 3.07. The Kier molecular flexibility index (Phi) is 5.60. The predicted octanol–water partition coefficient (Wildman–Crippen LogP) is 3.95. The molecule has 27 heavy (non-hydrogen) atoms. The zero-order valence-corrected chi connectivity index (χ0v) is 16.3. The van der Waals surface area contributed by atoms with Gasteiger partial charge in [-0.05, 0) is 56.2 Å². The lowest BCUT2D eigenvalue weighted by Gasteiger charge is -2.17. The van der Waals surface area contributed by atoms with Crippen LogP contribution < -0.4 is 4.74 Å². The lowest BCUT2D eigenvalue weighted by molar-refractivity contribution is 0.0773. The molecule has 3 rings (SSSR count). The van der Waals surface area contributed by atoms with Crippen molar-refractivity contribution in [1.82, 2.24) is 14.7 Å².